The number of nitrogens with one attached hydrogen (secondary N) is 2. The molecular weight excluding hydrogens is 385 g/mol. The lowest BCUT2D eigenvalue weighted by molar-refractivity contribution is -0.124. The van der Waals surface area contributed by atoms with Crippen LogP contribution in [0.3, 0.4) is 0 Å². The van der Waals surface area contributed by atoms with Gasteiger partial charge in [-0.05, 0) is 24.3 Å². The largest absolute Gasteiger partial charge is 0.325 e. The predicted molar refractivity (Wildman–Crippen MR) is 102 cm³/mol. The van der Waals surface area contributed by atoms with Crippen LogP contribution in [-0.4, -0.2) is 18.0 Å². The SMILES string of the molecule is O=C(CCC(=O)Nc1ccc(Cl)cc1Cl)NN=Cc1ccccc1Cl. The van der Waals surface area contributed by atoms with Gasteiger partial charge < -0.3 is 5.32 Å². The number of carbonyl (C=O) groups excluding carboxylic acids is 2. The second kappa shape index (κ2) is 9.42. The van der Waals surface area contributed by atoms with E-state index in [1.54, 1.807) is 36.4 Å². The minimum absolute atomic E-state index is 0.00754. The number of amides is 2. The molecule has 2 aromatic rings. The molecule has 0 spiro atoms. The van der Waals surface area contributed by atoms with E-state index in [0.29, 0.717) is 26.3 Å². The standard InChI is InChI=1S/C17H14Cl3N3O2/c18-12-5-6-15(14(20)9-12)22-16(24)7-8-17(25)23-21-10-11-3-1-2-4-13(11)19/h1-6,9-10H,7-8H2,(H,22,24)(H,23,25). The van der Waals surface area contributed by atoms with Crippen molar-refractivity contribution < 1.29 is 9.59 Å². The van der Waals surface area contributed by atoms with Gasteiger partial charge in [-0.1, -0.05) is 53.0 Å². The van der Waals surface area contributed by atoms with E-state index in [1.807, 2.05) is 0 Å². The zero-order valence-electron chi connectivity index (χ0n) is 12.9. The summed E-state index contributed by atoms with van der Waals surface area (Å²) < 4.78 is 0. The minimum Gasteiger partial charge on any atom is -0.325 e. The summed E-state index contributed by atoms with van der Waals surface area (Å²) in [5, 5.41) is 7.76. The van der Waals surface area contributed by atoms with E-state index in [-0.39, 0.29) is 24.7 Å². The summed E-state index contributed by atoms with van der Waals surface area (Å²) in [4.78, 5) is 23.6. The minimum atomic E-state index is -0.388. The van der Waals surface area contributed by atoms with E-state index in [4.69, 9.17) is 34.8 Å². The molecule has 0 aromatic heterocycles. The van der Waals surface area contributed by atoms with Gasteiger partial charge in [0.2, 0.25) is 11.8 Å². The normalized spacial score (nSPS) is 10.7. The van der Waals surface area contributed by atoms with Crippen molar-refractivity contribution >= 4 is 58.5 Å². The lowest BCUT2D eigenvalue weighted by Crippen LogP contribution is -2.20. The van der Waals surface area contributed by atoms with E-state index in [1.165, 1.54) is 12.3 Å². The molecule has 0 heterocycles. The first-order valence-electron chi connectivity index (χ1n) is 7.27. The zero-order chi connectivity index (χ0) is 18.2. The summed E-state index contributed by atoms with van der Waals surface area (Å²) >= 11 is 17.7. The number of hydrazone groups is 1. The maximum absolute atomic E-state index is 11.9. The van der Waals surface area contributed by atoms with Gasteiger partial charge in [-0.3, -0.25) is 9.59 Å². The Balaban J connectivity index is 1.77. The van der Waals surface area contributed by atoms with Crippen LogP contribution in [0.2, 0.25) is 15.1 Å². The Hall–Kier alpha value is -2.08. The van der Waals surface area contributed by atoms with Crippen LogP contribution in [0.4, 0.5) is 5.69 Å². The molecule has 0 unspecified atom stereocenters. The third-order valence-corrected chi connectivity index (χ3v) is 3.97. The summed E-state index contributed by atoms with van der Waals surface area (Å²) in [7, 11) is 0. The number of hydrogen-bond donors (Lipinski definition) is 2. The number of anilines is 1. The highest BCUT2D eigenvalue weighted by molar-refractivity contribution is 6.36. The van der Waals surface area contributed by atoms with Crippen molar-refractivity contribution in [3.63, 3.8) is 0 Å². The molecule has 2 N–H and O–H groups in total. The molecule has 8 heteroatoms. The molecule has 2 amide bonds. The maximum Gasteiger partial charge on any atom is 0.240 e. The molecule has 0 saturated heterocycles. The van der Waals surface area contributed by atoms with Crippen molar-refractivity contribution in [2.75, 3.05) is 5.32 Å². The van der Waals surface area contributed by atoms with Gasteiger partial charge >= 0.3 is 0 Å². The third kappa shape index (κ3) is 6.38. The lowest BCUT2D eigenvalue weighted by atomic mass is 10.2. The van der Waals surface area contributed by atoms with Crippen LogP contribution < -0.4 is 10.7 Å². The van der Waals surface area contributed by atoms with Crippen LogP contribution in [0.1, 0.15) is 18.4 Å². The van der Waals surface area contributed by atoms with Crippen molar-refractivity contribution in [1.29, 1.82) is 0 Å². The van der Waals surface area contributed by atoms with Gasteiger partial charge in [0.15, 0.2) is 0 Å². The number of benzene rings is 2. The number of rotatable bonds is 6. The zero-order valence-corrected chi connectivity index (χ0v) is 15.2. The van der Waals surface area contributed by atoms with Crippen LogP contribution in [0.5, 0.6) is 0 Å². The average Bonchev–Trinajstić information content (AvgIpc) is 2.57. The van der Waals surface area contributed by atoms with E-state index < -0.39 is 0 Å². The Morgan fingerprint density at radius 3 is 2.40 bits per heavy atom. The first-order valence-corrected chi connectivity index (χ1v) is 8.40. The summed E-state index contributed by atoms with van der Waals surface area (Å²) in [6, 6.07) is 11.8. The molecule has 0 saturated carbocycles. The van der Waals surface area contributed by atoms with E-state index in [9.17, 15) is 9.59 Å². The maximum atomic E-state index is 11.9. The fourth-order valence-corrected chi connectivity index (χ4v) is 2.48. The second-order valence-electron chi connectivity index (χ2n) is 4.99. The van der Waals surface area contributed by atoms with Gasteiger partial charge in [-0.15, -0.1) is 0 Å². The molecule has 0 aliphatic carbocycles. The van der Waals surface area contributed by atoms with Crippen LogP contribution >= 0.6 is 34.8 Å². The highest BCUT2D eigenvalue weighted by Gasteiger charge is 2.09. The van der Waals surface area contributed by atoms with Crippen molar-refractivity contribution in [1.82, 2.24) is 5.43 Å². The van der Waals surface area contributed by atoms with E-state index >= 15 is 0 Å². The molecule has 130 valence electrons. The third-order valence-electron chi connectivity index (χ3n) is 3.08. The van der Waals surface area contributed by atoms with Gasteiger partial charge in [-0.25, -0.2) is 5.43 Å². The Labute approximate surface area is 160 Å². The van der Waals surface area contributed by atoms with Crippen molar-refractivity contribution in [3.05, 3.63) is 63.1 Å². The topological polar surface area (TPSA) is 70.6 Å². The fourth-order valence-electron chi connectivity index (χ4n) is 1.84. The van der Waals surface area contributed by atoms with Gasteiger partial charge in [0.05, 0.1) is 16.9 Å². The number of hydrogen-bond acceptors (Lipinski definition) is 3. The van der Waals surface area contributed by atoms with Crippen LogP contribution in [-0.2, 0) is 9.59 Å². The van der Waals surface area contributed by atoms with E-state index in [0.717, 1.165) is 0 Å². The molecule has 0 atom stereocenters. The Bertz CT molecular complexity index is 809. The summed E-state index contributed by atoms with van der Waals surface area (Å²) in [5.41, 5.74) is 3.46. The summed E-state index contributed by atoms with van der Waals surface area (Å²) in [6.07, 6.45) is 1.41. The molecular formula is C17H14Cl3N3O2. The van der Waals surface area contributed by atoms with Gasteiger partial charge in [0.1, 0.15) is 0 Å². The molecule has 0 aliphatic heterocycles. The Morgan fingerprint density at radius 1 is 0.960 bits per heavy atom. The van der Waals surface area contributed by atoms with Crippen molar-refractivity contribution in [3.8, 4) is 0 Å². The van der Waals surface area contributed by atoms with Crippen LogP contribution in [0, 0.1) is 0 Å². The first-order chi connectivity index (χ1) is 12.0. The molecule has 2 aromatic carbocycles. The number of halogens is 3. The van der Waals surface area contributed by atoms with E-state index in [2.05, 4.69) is 15.8 Å². The fraction of sp³-hybridized carbons (Fsp3) is 0.118. The lowest BCUT2D eigenvalue weighted by Gasteiger charge is -2.07. The second-order valence-corrected chi connectivity index (χ2v) is 6.24. The van der Waals surface area contributed by atoms with Gasteiger partial charge in [-0.2, -0.15) is 5.10 Å². The molecule has 0 bridgehead atoms. The Kier molecular flexibility index (Phi) is 7.25. The predicted octanol–water partition coefficient (Wildman–Crippen LogP) is 4.52. The number of nitrogens with zero attached hydrogens (tertiary/aromatic N) is 1. The number of carbonyl (C=O) groups is 2. The van der Waals surface area contributed by atoms with Gasteiger partial charge in [0.25, 0.3) is 0 Å². The average molecular weight is 399 g/mol. The highest BCUT2D eigenvalue weighted by atomic mass is 35.5. The molecule has 0 radical (unpaired) electrons. The highest BCUT2D eigenvalue weighted by Crippen LogP contribution is 2.25. The van der Waals surface area contributed by atoms with Crippen LogP contribution in [0.15, 0.2) is 47.6 Å². The Morgan fingerprint density at radius 2 is 1.68 bits per heavy atom. The summed E-state index contributed by atoms with van der Waals surface area (Å²) in [6.45, 7) is 0. The van der Waals surface area contributed by atoms with Crippen molar-refractivity contribution in [2.24, 2.45) is 5.10 Å². The molecule has 0 fully saturated rings. The monoisotopic (exact) mass is 397 g/mol. The smallest absolute Gasteiger partial charge is 0.240 e. The summed E-state index contributed by atoms with van der Waals surface area (Å²) in [5.74, 6) is -0.727. The molecule has 25 heavy (non-hydrogen) atoms. The molecule has 5 nitrogen and oxygen atoms in total. The van der Waals surface area contributed by atoms with Crippen molar-refractivity contribution in [2.45, 2.75) is 12.8 Å². The first kappa shape index (κ1) is 19.2. The van der Waals surface area contributed by atoms with Gasteiger partial charge in [0, 0.05) is 28.5 Å². The molecule has 2 rings (SSSR count). The quantitative estimate of drug-likeness (QED) is 0.555. The van der Waals surface area contributed by atoms with Crippen LogP contribution in [0.25, 0.3) is 0 Å². The molecule has 0 aliphatic rings.